The summed E-state index contributed by atoms with van der Waals surface area (Å²) in [5.74, 6) is -0.0955. The van der Waals surface area contributed by atoms with E-state index in [9.17, 15) is 4.79 Å². The van der Waals surface area contributed by atoms with E-state index in [-0.39, 0.29) is 5.91 Å². The number of aromatic nitrogens is 1. The molecule has 2 rings (SSSR count). The molecule has 0 aliphatic carbocycles. The minimum atomic E-state index is -0.0955. The molecule has 116 valence electrons. The lowest BCUT2D eigenvalue weighted by atomic mass is 10.1. The predicted molar refractivity (Wildman–Crippen MR) is 90.9 cm³/mol. The first kappa shape index (κ1) is 16.6. The van der Waals surface area contributed by atoms with Crippen LogP contribution in [-0.2, 0) is 4.74 Å². The van der Waals surface area contributed by atoms with Crippen molar-refractivity contribution in [2.75, 3.05) is 20.3 Å². The number of rotatable bonds is 6. The highest BCUT2D eigenvalue weighted by atomic mass is 79.9. The van der Waals surface area contributed by atoms with Gasteiger partial charge in [-0.15, -0.1) is 0 Å². The molecule has 1 N–H and O–H groups in total. The van der Waals surface area contributed by atoms with Crippen molar-refractivity contribution in [2.45, 2.75) is 13.3 Å². The second kappa shape index (κ2) is 8.06. The number of methoxy groups -OCH3 is 1. The van der Waals surface area contributed by atoms with Crippen LogP contribution in [0.4, 0.5) is 0 Å². The van der Waals surface area contributed by atoms with E-state index in [1.807, 2.05) is 43.3 Å². The van der Waals surface area contributed by atoms with Crippen LogP contribution >= 0.6 is 15.9 Å². The van der Waals surface area contributed by atoms with Crippen molar-refractivity contribution in [1.82, 2.24) is 10.3 Å². The summed E-state index contributed by atoms with van der Waals surface area (Å²) in [6, 6.07) is 11.6. The zero-order chi connectivity index (χ0) is 15.9. The smallest absolute Gasteiger partial charge is 0.253 e. The fraction of sp³-hybridized carbons (Fsp3) is 0.294. The van der Waals surface area contributed by atoms with Crippen LogP contribution in [0.15, 0.2) is 40.9 Å². The van der Waals surface area contributed by atoms with Gasteiger partial charge in [-0.05, 0) is 37.6 Å². The number of ether oxygens (including phenoxy) is 1. The average Bonchev–Trinajstić information content (AvgIpc) is 2.51. The molecule has 1 amide bonds. The molecular weight excluding hydrogens is 344 g/mol. The van der Waals surface area contributed by atoms with E-state index in [2.05, 4.69) is 26.2 Å². The monoisotopic (exact) mass is 362 g/mol. The zero-order valence-corrected chi connectivity index (χ0v) is 14.3. The quantitative estimate of drug-likeness (QED) is 0.798. The van der Waals surface area contributed by atoms with Crippen LogP contribution < -0.4 is 5.32 Å². The van der Waals surface area contributed by atoms with Crippen LogP contribution in [0, 0.1) is 6.92 Å². The molecule has 1 aromatic carbocycles. The number of carbonyl (C=O) groups is 1. The number of nitrogens with one attached hydrogen (secondary N) is 1. The van der Waals surface area contributed by atoms with Gasteiger partial charge < -0.3 is 10.1 Å². The Kier molecular flexibility index (Phi) is 6.10. The number of pyridine rings is 1. The van der Waals surface area contributed by atoms with Crippen molar-refractivity contribution < 1.29 is 9.53 Å². The maximum Gasteiger partial charge on any atom is 0.253 e. The van der Waals surface area contributed by atoms with Gasteiger partial charge in [0.2, 0.25) is 0 Å². The minimum Gasteiger partial charge on any atom is -0.385 e. The summed E-state index contributed by atoms with van der Waals surface area (Å²) in [6.07, 6.45) is 0.796. The Balaban J connectivity index is 2.11. The molecule has 0 saturated carbocycles. The van der Waals surface area contributed by atoms with Crippen molar-refractivity contribution >= 4 is 21.8 Å². The Morgan fingerprint density at radius 2 is 2.14 bits per heavy atom. The van der Waals surface area contributed by atoms with Gasteiger partial charge in [0, 0.05) is 30.3 Å². The third kappa shape index (κ3) is 4.39. The number of hydrogen-bond acceptors (Lipinski definition) is 3. The molecule has 0 unspecified atom stereocenters. The molecule has 5 heteroatoms. The summed E-state index contributed by atoms with van der Waals surface area (Å²) in [7, 11) is 1.65. The highest BCUT2D eigenvalue weighted by Crippen LogP contribution is 2.22. The van der Waals surface area contributed by atoms with Crippen LogP contribution in [-0.4, -0.2) is 31.2 Å². The van der Waals surface area contributed by atoms with Crippen LogP contribution in [0.25, 0.3) is 11.3 Å². The number of aryl methyl sites for hydroxylation is 1. The van der Waals surface area contributed by atoms with E-state index < -0.39 is 0 Å². The normalized spacial score (nSPS) is 10.5. The maximum atomic E-state index is 12.1. The van der Waals surface area contributed by atoms with Gasteiger partial charge in [0.25, 0.3) is 5.91 Å². The number of benzene rings is 1. The van der Waals surface area contributed by atoms with Gasteiger partial charge in [-0.2, -0.15) is 0 Å². The van der Waals surface area contributed by atoms with Gasteiger partial charge in [0.1, 0.15) is 0 Å². The fourth-order valence-corrected chi connectivity index (χ4v) is 2.52. The third-order valence-electron chi connectivity index (χ3n) is 3.26. The van der Waals surface area contributed by atoms with E-state index in [1.165, 1.54) is 0 Å². The molecule has 1 aromatic heterocycles. The van der Waals surface area contributed by atoms with Gasteiger partial charge in [0.05, 0.1) is 17.0 Å². The largest absolute Gasteiger partial charge is 0.385 e. The van der Waals surface area contributed by atoms with Gasteiger partial charge in [-0.25, -0.2) is 0 Å². The third-order valence-corrected chi connectivity index (χ3v) is 3.75. The molecule has 4 nitrogen and oxygen atoms in total. The molecular formula is C17H19BrN2O2. The van der Waals surface area contributed by atoms with Gasteiger partial charge in [-0.1, -0.05) is 28.1 Å². The van der Waals surface area contributed by atoms with Crippen LogP contribution in [0.3, 0.4) is 0 Å². The lowest BCUT2D eigenvalue weighted by Gasteiger charge is -2.09. The first-order valence-corrected chi connectivity index (χ1v) is 7.92. The van der Waals surface area contributed by atoms with Crippen LogP contribution in [0.2, 0.25) is 0 Å². The summed E-state index contributed by atoms with van der Waals surface area (Å²) >= 11 is 3.45. The minimum absolute atomic E-state index is 0.0955. The average molecular weight is 363 g/mol. The summed E-state index contributed by atoms with van der Waals surface area (Å²) < 4.78 is 5.96. The van der Waals surface area contributed by atoms with Gasteiger partial charge >= 0.3 is 0 Å². The lowest BCUT2D eigenvalue weighted by Crippen LogP contribution is -2.26. The Morgan fingerprint density at radius 1 is 1.32 bits per heavy atom. The molecule has 0 radical (unpaired) electrons. The summed E-state index contributed by atoms with van der Waals surface area (Å²) in [4.78, 5) is 16.7. The van der Waals surface area contributed by atoms with Crippen LogP contribution in [0.5, 0.6) is 0 Å². The molecule has 0 fully saturated rings. The van der Waals surface area contributed by atoms with E-state index in [0.717, 1.165) is 27.8 Å². The number of amides is 1. The van der Waals surface area contributed by atoms with Crippen molar-refractivity contribution in [2.24, 2.45) is 0 Å². The molecule has 22 heavy (non-hydrogen) atoms. The molecule has 1 heterocycles. The van der Waals surface area contributed by atoms with E-state index >= 15 is 0 Å². The van der Waals surface area contributed by atoms with Gasteiger partial charge in [-0.3, -0.25) is 9.78 Å². The molecule has 0 saturated heterocycles. The molecule has 0 aliphatic rings. The first-order chi connectivity index (χ1) is 10.6. The van der Waals surface area contributed by atoms with Crippen molar-refractivity contribution in [3.05, 3.63) is 52.1 Å². The summed E-state index contributed by atoms with van der Waals surface area (Å²) in [5, 5.41) is 2.88. The van der Waals surface area contributed by atoms with Crippen molar-refractivity contribution in [1.29, 1.82) is 0 Å². The highest BCUT2D eigenvalue weighted by molar-refractivity contribution is 9.10. The standard InChI is InChI=1S/C17H19BrN2O2/c1-12-15(17(21)19-9-4-10-22-2)7-8-16(20-12)13-5-3-6-14(18)11-13/h3,5-8,11H,4,9-10H2,1-2H3,(H,19,21). The second-order valence-electron chi connectivity index (χ2n) is 4.94. The maximum absolute atomic E-state index is 12.1. The molecule has 0 bridgehead atoms. The Bertz CT molecular complexity index is 659. The summed E-state index contributed by atoms with van der Waals surface area (Å²) in [5.41, 5.74) is 3.21. The van der Waals surface area contributed by atoms with E-state index in [4.69, 9.17) is 4.74 Å². The first-order valence-electron chi connectivity index (χ1n) is 7.12. The number of carbonyl (C=O) groups excluding carboxylic acids is 1. The summed E-state index contributed by atoms with van der Waals surface area (Å²) in [6.45, 7) is 3.09. The van der Waals surface area contributed by atoms with Crippen LogP contribution in [0.1, 0.15) is 22.5 Å². The highest BCUT2D eigenvalue weighted by Gasteiger charge is 2.11. The zero-order valence-electron chi connectivity index (χ0n) is 12.7. The Labute approximate surface area is 139 Å². The van der Waals surface area contributed by atoms with Crippen molar-refractivity contribution in [3.63, 3.8) is 0 Å². The topological polar surface area (TPSA) is 51.2 Å². The molecule has 0 spiro atoms. The molecule has 0 atom stereocenters. The van der Waals surface area contributed by atoms with Crippen molar-refractivity contribution in [3.8, 4) is 11.3 Å². The number of hydrogen-bond donors (Lipinski definition) is 1. The lowest BCUT2D eigenvalue weighted by molar-refractivity contribution is 0.0947. The SMILES string of the molecule is COCCCNC(=O)c1ccc(-c2cccc(Br)c2)nc1C. The Morgan fingerprint density at radius 3 is 2.82 bits per heavy atom. The van der Waals surface area contributed by atoms with E-state index in [1.54, 1.807) is 7.11 Å². The molecule has 0 aliphatic heterocycles. The van der Waals surface area contributed by atoms with Gasteiger partial charge in [0.15, 0.2) is 0 Å². The number of nitrogens with zero attached hydrogens (tertiary/aromatic N) is 1. The fourth-order valence-electron chi connectivity index (χ4n) is 2.12. The number of halogens is 1. The van der Waals surface area contributed by atoms with E-state index in [0.29, 0.717) is 18.7 Å². The second-order valence-corrected chi connectivity index (χ2v) is 5.86. The molecule has 2 aromatic rings. The Hall–Kier alpha value is -1.72. The predicted octanol–water partition coefficient (Wildman–Crippen LogP) is 3.59.